The average Bonchev–Trinajstić information content (AvgIpc) is 3.16. The Hall–Kier alpha value is -3.50. The molecule has 3 aromatic rings. The van der Waals surface area contributed by atoms with Crippen LogP contribution in [0.1, 0.15) is 54.6 Å². The summed E-state index contributed by atoms with van der Waals surface area (Å²) in [6.07, 6.45) is 1.15. The topological polar surface area (TPSA) is 104 Å². The first-order chi connectivity index (χ1) is 19.6. The molecule has 1 aliphatic rings. The molecule has 0 bridgehead atoms. The van der Waals surface area contributed by atoms with Gasteiger partial charge in [0.25, 0.3) is 15.9 Å². The maximum Gasteiger partial charge on any atom is 0.269 e. The minimum absolute atomic E-state index is 0.0159. The highest BCUT2D eigenvalue weighted by molar-refractivity contribution is 9.10. The third kappa shape index (κ3) is 7.23. The van der Waals surface area contributed by atoms with Gasteiger partial charge in [-0.05, 0) is 55.2 Å². The van der Waals surface area contributed by atoms with Gasteiger partial charge in [0.2, 0.25) is 11.8 Å². The largest absolute Gasteiger partial charge is 0.352 e. The summed E-state index contributed by atoms with van der Waals surface area (Å²) >= 11 is 3.44. The lowest BCUT2D eigenvalue weighted by Gasteiger charge is -2.32. The first kappa shape index (κ1) is 30.5. The molecule has 3 amide bonds. The Kier molecular flexibility index (Phi) is 9.99. The smallest absolute Gasteiger partial charge is 0.269 e. The van der Waals surface area contributed by atoms with Crippen molar-refractivity contribution >= 4 is 43.7 Å². The van der Waals surface area contributed by atoms with Crippen molar-refractivity contribution in [3.8, 4) is 0 Å². The van der Waals surface area contributed by atoms with Crippen LogP contribution in [0.15, 0.2) is 88.2 Å². The van der Waals surface area contributed by atoms with Gasteiger partial charge in [-0.15, -0.1) is 0 Å². The first-order valence-corrected chi connectivity index (χ1v) is 15.9. The monoisotopic (exact) mass is 639 g/mol. The van der Waals surface area contributed by atoms with Crippen LogP contribution in [-0.4, -0.2) is 54.0 Å². The van der Waals surface area contributed by atoms with Crippen molar-refractivity contribution in [1.29, 1.82) is 0 Å². The van der Waals surface area contributed by atoms with E-state index in [-0.39, 0.29) is 54.2 Å². The van der Waals surface area contributed by atoms with E-state index in [0.29, 0.717) is 6.42 Å². The molecule has 1 heterocycles. The molecular weight excluding hydrogens is 606 g/mol. The third-order valence-corrected chi connectivity index (χ3v) is 9.57. The molecule has 2 unspecified atom stereocenters. The van der Waals surface area contributed by atoms with E-state index in [2.05, 4.69) is 21.2 Å². The lowest BCUT2D eigenvalue weighted by atomic mass is 10.0. The summed E-state index contributed by atoms with van der Waals surface area (Å²) in [5.41, 5.74) is 1.90. The molecular formula is C31H34BrN3O5S. The number of benzene rings is 3. The number of sulfonamides is 1. The van der Waals surface area contributed by atoms with E-state index in [0.717, 1.165) is 26.3 Å². The van der Waals surface area contributed by atoms with Gasteiger partial charge < -0.3 is 10.2 Å². The summed E-state index contributed by atoms with van der Waals surface area (Å²) in [6.45, 7) is 3.97. The van der Waals surface area contributed by atoms with Gasteiger partial charge in [-0.3, -0.25) is 14.4 Å². The van der Waals surface area contributed by atoms with Crippen LogP contribution >= 0.6 is 15.9 Å². The molecule has 8 nitrogen and oxygen atoms in total. The van der Waals surface area contributed by atoms with Crippen molar-refractivity contribution in [3.05, 3.63) is 100 Å². The van der Waals surface area contributed by atoms with Crippen molar-refractivity contribution in [3.63, 3.8) is 0 Å². The zero-order valence-corrected chi connectivity index (χ0v) is 25.5. The van der Waals surface area contributed by atoms with E-state index in [1.807, 2.05) is 68.4 Å². The van der Waals surface area contributed by atoms with E-state index >= 15 is 0 Å². The van der Waals surface area contributed by atoms with E-state index in [1.54, 1.807) is 17.0 Å². The van der Waals surface area contributed by atoms with Crippen molar-refractivity contribution < 1.29 is 22.8 Å². The number of amides is 3. The molecule has 0 fully saturated rings. The van der Waals surface area contributed by atoms with Gasteiger partial charge in [-0.2, -0.15) is 0 Å². The zero-order chi connectivity index (χ0) is 29.6. The minimum Gasteiger partial charge on any atom is -0.352 e. The molecule has 216 valence electrons. The second-order valence-electron chi connectivity index (χ2n) is 10.2. The Bertz CT molecular complexity index is 1500. The van der Waals surface area contributed by atoms with Gasteiger partial charge in [0.1, 0.15) is 10.9 Å². The van der Waals surface area contributed by atoms with Gasteiger partial charge in [-0.25, -0.2) is 12.7 Å². The number of carbonyl (C=O) groups is 3. The molecule has 4 rings (SSSR count). The van der Waals surface area contributed by atoms with Crippen LogP contribution in [0, 0.1) is 0 Å². The van der Waals surface area contributed by atoms with Crippen molar-refractivity contribution in [2.24, 2.45) is 0 Å². The summed E-state index contributed by atoms with van der Waals surface area (Å²) in [4.78, 5) is 41.8. The Labute approximate surface area is 249 Å². The van der Waals surface area contributed by atoms with Gasteiger partial charge in [0, 0.05) is 36.4 Å². The van der Waals surface area contributed by atoms with E-state index in [1.165, 1.54) is 12.1 Å². The van der Waals surface area contributed by atoms with E-state index in [9.17, 15) is 22.8 Å². The number of nitrogens with one attached hydrogen (secondary N) is 1. The number of hydrogen-bond donors (Lipinski definition) is 1. The highest BCUT2D eigenvalue weighted by Crippen LogP contribution is 2.30. The fraction of sp³-hybridized carbons (Fsp3) is 0.323. The lowest BCUT2D eigenvalue weighted by molar-refractivity contribution is -0.141. The van der Waals surface area contributed by atoms with E-state index in [4.69, 9.17) is 0 Å². The minimum atomic E-state index is -3.96. The van der Waals surface area contributed by atoms with Crippen molar-refractivity contribution in [1.82, 2.24) is 14.5 Å². The molecule has 0 radical (unpaired) electrons. The Morgan fingerprint density at radius 3 is 2.27 bits per heavy atom. The fourth-order valence-electron chi connectivity index (χ4n) is 4.75. The maximum absolute atomic E-state index is 13.8. The fourth-order valence-corrected chi connectivity index (χ4v) is 6.62. The average molecular weight is 641 g/mol. The Morgan fingerprint density at radius 1 is 0.951 bits per heavy atom. The van der Waals surface area contributed by atoms with Crippen LogP contribution in [0.5, 0.6) is 0 Å². The normalized spacial score (nSPS) is 15.2. The number of fused-ring (bicyclic) bond motifs is 1. The van der Waals surface area contributed by atoms with Crippen molar-refractivity contribution in [2.75, 3.05) is 6.54 Å². The number of hydrogen-bond acceptors (Lipinski definition) is 5. The lowest BCUT2D eigenvalue weighted by Crippen LogP contribution is -2.52. The van der Waals surface area contributed by atoms with Crippen LogP contribution in [0.3, 0.4) is 0 Å². The van der Waals surface area contributed by atoms with Gasteiger partial charge in [0.05, 0.1) is 5.56 Å². The van der Waals surface area contributed by atoms with Crippen molar-refractivity contribution in [2.45, 2.75) is 63.1 Å². The molecule has 41 heavy (non-hydrogen) atoms. The first-order valence-electron chi connectivity index (χ1n) is 13.7. The predicted molar refractivity (Wildman–Crippen MR) is 160 cm³/mol. The standard InChI is InChI=1S/C31H34BrN3O5S/c1-3-22(2)33-30(37)27(20-23-10-5-4-6-11-23)34(21-24-15-17-25(32)18-16-24)29(36)14-9-19-35-31(38)26-12-7-8-13-28(26)41(35,39)40/h4-8,10-13,15-18,22,27H,3,9,14,19-21H2,1-2H3,(H,33,37). The highest BCUT2D eigenvalue weighted by Gasteiger charge is 2.40. The number of carbonyl (C=O) groups excluding carboxylic acids is 3. The van der Waals surface area contributed by atoms with Crippen LogP contribution < -0.4 is 5.32 Å². The summed E-state index contributed by atoms with van der Waals surface area (Å²) in [5.74, 6) is -1.13. The van der Waals surface area contributed by atoms with E-state index < -0.39 is 22.0 Å². The van der Waals surface area contributed by atoms with Crippen LogP contribution in [0.25, 0.3) is 0 Å². The molecule has 1 aliphatic heterocycles. The SMILES string of the molecule is CCC(C)NC(=O)C(Cc1ccccc1)N(Cc1ccc(Br)cc1)C(=O)CCCN1C(=O)c2ccccc2S1(=O)=O. The summed E-state index contributed by atoms with van der Waals surface area (Å²) in [6, 6.07) is 22.3. The van der Waals surface area contributed by atoms with Crippen LogP contribution in [0.2, 0.25) is 0 Å². The van der Waals surface area contributed by atoms with Crippen LogP contribution in [0.4, 0.5) is 0 Å². The maximum atomic E-state index is 13.8. The molecule has 0 saturated carbocycles. The second kappa shape index (κ2) is 13.4. The second-order valence-corrected chi connectivity index (χ2v) is 12.9. The third-order valence-electron chi connectivity index (χ3n) is 7.20. The molecule has 0 saturated heterocycles. The Morgan fingerprint density at radius 2 is 1.61 bits per heavy atom. The molecule has 0 aliphatic carbocycles. The van der Waals surface area contributed by atoms with Gasteiger partial charge in [-0.1, -0.05) is 77.5 Å². The molecule has 0 aromatic heterocycles. The number of nitrogens with zero attached hydrogens (tertiary/aromatic N) is 2. The highest BCUT2D eigenvalue weighted by atomic mass is 79.9. The number of rotatable bonds is 12. The molecule has 10 heteroatoms. The molecule has 3 aromatic carbocycles. The summed E-state index contributed by atoms with van der Waals surface area (Å²) < 4.78 is 27.6. The molecule has 1 N–H and O–H groups in total. The van der Waals surface area contributed by atoms with Gasteiger partial charge >= 0.3 is 0 Å². The molecule has 0 spiro atoms. The molecule has 2 atom stereocenters. The van der Waals surface area contributed by atoms with Crippen LogP contribution in [-0.2, 0) is 32.6 Å². The Balaban J connectivity index is 1.57. The van der Waals surface area contributed by atoms with Gasteiger partial charge in [0.15, 0.2) is 0 Å². The quantitative estimate of drug-likeness (QED) is 0.303. The number of halogens is 1. The summed E-state index contributed by atoms with van der Waals surface area (Å²) in [5, 5.41) is 3.04. The zero-order valence-electron chi connectivity index (χ0n) is 23.1. The predicted octanol–water partition coefficient (Wildman–Crippen LogP) is 4.93. The summed E-state index contributed by atoms with van der Waals surface area (Å²) in [7, 11) is -3.96.